The van der Waals surface area contributed by atoms with Crippen LogP contribution in [0, 0.1) is 6.92 Å². The average molecular weight is 331 g/mol. The molecule has 4 nitrogen and oxygen atoms in total. The lowest BCUT2D eigenvalue weighted by molar-refractivity contribution is 0.0990. The first-order valence-electron chi connectivity index (χ1n) is 7.53. The monoisotopic (exact) mass is 331 g/mol. The summed E-state index contributed by atoms with van der Waals surface area (Å²) in [6, 6.07) is 13.9. The van der Waals surface area contributed by atoms with E-state index in [-0.39, 0.29) is 22.1 Å². The maximum atomic E-state index is 12.8. The van der Waals surface area contributed by atoms with Gasteiger partial charge in [0.15, 0.2) is 9.84 Å². The van der Waals surface area contributed by atoms with Crippen LogP contribution in [0.4, 0.5) is 5.69 Å². The summed E-state index contributed by atoms with van der Waals surface area (Å²) in [5, 5.41) is 0. The number of aryl methyl sites for hydroxylation is 1. The highest BCUT2D eigenvalue weighted by Gasteiger charge is 2.23. The van der Waals surface area contributed by atoms with E-state index < -0.39 is 9.84 Å². The molecule has 0 heterocycles. The number of sulfone groups is 1. The van der Waals surface area contributed by atoms with E-state index in [0.717, 1.165) is 11.3 Å². The summed E-state index contributed by atoms with van der Waals surface area (Å²) in [6.07, 6.45) is 0.513. The standard InChI is InChI=1S/C18H21NO3S/c1-4-13-23(21,22)17-8-6-5-7-16(17)18(20)19(3)15-11-9-14(2)10-12-15/h5-12H,4,13H2,1-3H3. The van der Waals surface area contributed by atoms with E-state index >= 15 is 0 Å². The summed E-state index contributed by atoms with van der Waals surface area (Å²) in [5.41, 5.74) is 2.04. The number of amides is 1. The minimum atomic E-state index is -3.46. The number of anilines is 1. The molecular formula is C18H21NO3S. The molecule has 122 valence electrons. The number of benzene rings is 2. The largest absolute Gasteiger partial charge is 0.311 e. The van der Waals surface area contributed by atoms with Crippen LogP contribution in [0.25, 0.3) is 0 Å². The van der Waals surface area contributed by atoms with Gasteiger partial charge in [-0.05, 0) is 37.6 Å². The Morgan fingerprint density at radius 2 is 1.65 bits per heavy atom. The molecule has 2 aromatic carbocycles. The molecule has 1 amide bonds. The Kier molecular flexibility index (Phi) is 5.21. The molecule has 2 aromatic rings. The van der Waals surface area contributed by atoms with Crippen molar-refractivity contribution in [3.05, 3.63) is 59.7 Å². The van der Waals surface area contributed by atoms with Crippen molar-refractivity contribution in [3.63, 3.8) is 0 Å². The highest BCUT2D eigenvalue weighted by Crippen LogP contribution is 2.22. The second-order valence-corrected chi connectivity index (χ2v) is 7.59. The molecule has 0 radical (unpaired) electrons. The van der Waals surface area contributed by atoms with Crippen molar-refractivity contribution in [1.82, 2.24) is 0 Å². The second kappa shape index (κ2) is 6.96. The van der Waals surface area contributed by atoms with Crippen LogP contribution in [-0.4, -0.2) is 27.1 Å². The van der Waals surface area contributed by atoms with Gasteiger partial charge in [-0.25, -0.2) is 8.42 Å². The molecule has 0 unspecified atom stereocenters. The first-order chi connectivity index (χ1) is 10.9. The maximum absolute atomic E-state index is 12.8. The minimum Gasteiger partial charge on any atom is -0.311 e. The van der Waals surface area contributed by atoms with Crippen LogP contribution in [-0.2, 0) is 9.84 Å². The molecule has 0 aromatic heterocycles. The number of carbonyl (C=O) groups is 1. The Morgan fingerprint density at radius 1 is 1.04 bits per heavy atom. The van der Waals surface area contributed by atoms with Crippen molar-refractivity contribution in [2.24, 2.45) is 0 Å². The zero-order valence-electron chi connectivity index (χ0n) is 13.6. The summed E-state index contributed by atoms with van der Waals surface area (Å²) in [4.78, 5) is 14.3. The van der Waals surface area contributed by atoms with Gasteiger partial charge in [-0.2, -0.15) is 0 Å². The lowest BCUT2D eigenvalue weighted by Gasteiger charge is -2.19. The molecular weight excluding hydrogens is 310 g/mol. The molecule has 0 atom stereocenters. The smallest absolute Gasteiger partial charge is 0.259 e. The van der Waals surface area contributed by atoms with Gasteiger partial charge < -0.3 is 4.90 Å². The molecule has 0 aliphatic carbocycles. The van der Waals surface area contributed by atoms with Crippen molar-refractivity contribution < 1.29 is 13.2 Å². The SMILES string of the molecule is CCCS(=O)(=O)c1ccccc1C(=O)N(C)c1ccc(C)cc1. The number of hydrogen-bond donors (Lipinski definition) is 0. The third kappa shape index (κ3) is 3.79. The number of hydrogen-bond acceptors (Lipinski definition) is 3. The third-order valence-corrected chi connectivity index (χ3v) is 5.62. The molecule has 0 aliphatic heterocycles. The fourth-order valence-corrected chi connectivity index (χ4v) is 3.89. The van der Waals surface area contributed by atoms with Crippen LogP contribution in [0.15, 0.2) is 53.4 Å². The van der Waals surface area contributed by atoms with Crippen molar-refractivity contribution in [3.8, 4) is 0 Å². The van der Waals surface area contributed by atoms with Crippen molar-refractivity contribution in [2.45, 2.75) is 25.2 Å². The highest BCUT2D eigenvalue weighted by molar-refractivity contribution is 7.91. The first-order valence-corrected chi connectivity index (χ1v) is 9.18. The molecule has 0 spiro atoms. The molecule has 23 heavy (non-hydrogen) atoms. The highest BCUT2D eigenvalue weighted by atomic mass is 32.2. The minimum absolute atomic E-state index is 0.0333. The summed E-state index contributed by atoms with van der Waals surface area (Å²) in [6.45, 7) is 3.78. The van der Waals surface area contributed by atoms with Crippen LogP contribution in [0.5, 0.6) is 0 Å². The normalized spacial score (nSPS) is 11.3. The third-order valence-electron chi connectivity index (χ3n) is 3.65. The maximum Gasteiger partial charge on any atom is 0.259 e. The van der Waals surface area contributed by atoms with E-state index in [4.69, 9.17) is 0 Å². The zero-order chi connectivity index (χ0) is 17.0. The number of carbonyl (C=O) groups excluding carboxylic acids is 1. The van der Waals surface area contributed by atoms with Gasteiger partial charge in [-0.3, -0.25) is 4.79 Å². The van der Waals surface area contributed by atoms with E-state index in [1.54, 1.807) is 32.2 Å². The van der Waals surface area contributed by atoms with Crippen LogP contribution >= 0.6 is 0 Å². The van der Waals surface area contributed by atoms with Gasteiger partial charge in [0.2, 0.25) is 0 Å². The second-order valence-electron chi connectivity index (χ2n) is 5.51. The van der Waals surface area contributed by atoms with Crippen LogP contribution < -0.4 is 4.90 Å². The lowest BCUT2D eigenvalue weighted by atomic mass is 10.1. The summed E-state index contributed by atoms with van der Waals surface area (Å²) < 4.78 is 24.8. The summed E-state index contributed by atoms with van der Waals surface area (Å²) >= 11 is 0. The predicted octanol–water partition coefficient (Wildman–Crippen LogP) is 3.46. The van der Waals surface area contributed by atoms with E-state index in [1.807, 2.05) is 31.2 Å². The zero-order valence-corrected chi connectivity index (χ0v) is 14.4. The molecule has 0 aliphatic rings. The van der Waals surface area contributed by atoms with E-state index in [9.17, 15) is 13.2 Å². The van der Waals surface area contributed by atoms with E-state index in [1.165, 1.54) is 11.0 Å². The fraction of sp³-hybridized carbons (Fsp3) is 0.278. The van der Waals surface area contributed by atoms with Gasteiger partial charge in [-0.1, -0.05) is 36.8 Å². The molecule has 0 N–H and O–H groups in total. The Bertz CT molecular complexity index is 795. The van der Waals surface area contributed by atoms with Crippen LogP contribution in [0.1, 0.15) is 29.3 Å². The molecule has 2 rings (SSSR count). The quantitative estimate of drug-likeness (QED) is 0.843. The van der Waals surface area contributed by atoms with E-state index in [2.05, 4.69) is 0 Å². The fourth-order valence-electron chi connectivity index (χ4n) is 2.36. The predicted molar refractivity (Wildman–Crippen MR) is 92.7 cm³/mol. The Balaban J connectivity index is 2.42. The van der Waals surface area contributed by atoms with Gasteiger partial charge in [0.1, 0.15) is 0 Å². The van der Waals surface area contributed by atoms with Crippen molar-refractivity contribution in [2.75, 3.05) is 17.7 Å². The van der Waals surface area contributed by atoms with Crippen molar-refractivity contribution in [1.29, 1.82) is 0 Å². The molecule has 0 saturated carbocycles. The molecule has 0 fully saturated rings. The van der Waals surface area contributed by atoms with Gasteiger partial charge in [0.25, 0.3) is 5.91 Å². The Morgan fingerprint density at radius 3 is 2.26 bits per heavy atom. The van der Waals surface area contributed by atoms with Gasteiger partial charge in [-0.15, -0.1) is 0 Å². The Labute approximate surface area is 137 Å². The van der Waals surface area contributed by atoms with Crippen molar-refractivity contribution >= 4 is 21.4 Å². The number of rotatable bonds is 5. The number of nitrogens with zero attached hydrogens (tertiary/aromatic N) is 1. The van der Waals surface area contributed by atoms with Gasteiger partial charge in [0, 0.05) is 12.7 Å². The topological polar surface area (TPSA) is 54.5 Å². The molecule has 0 saturated heterocycles. The Hall–Kier alpha value is -2.14. The summed E-state index contributed by atoms with van der Waals surface area (Å²) in [5.74, 6) is -0.296. The van der Waals surface area contributed by atoms with Gasteiger partial charge >= 0.3 is 0 Å². The summed E-state index contributed by atoms with van der Waals surface area (Å²) in [7, 11) is -1.81. The lowest BCUT2D eigenvalue weighted by Crippen LogP contribution is -2.28. The average Bonchev–Trinajstić information content (AvgIpc) is 2.54. The van der Waals surface area contributed by atoms with Crippen LogP contribution in [0.3, 0.4) is 0 Å². The van der Waals surface area contributed by atoms with E-state index in [0.29, 0.717) is 6.42 Å². The molecule has 0 bridgehead atoms. The molecule has 5 heteroatoms. The van der Waals surface area contributed by atoms with Gasteiger partial charge in [0.05, 0.1) is 16.2 Å². The van der Waals surface area contributed by atoms with Crippen LogP contribution in [0.2, 0.25) is 0 Å². The first kappa shape index (κ1) is 17.2.